The lowest BCUT2D eigenvalue weighted by atomic mass is 10.0. The molecule has 6 heteroatoms. The van der Waals surface area contributed by atoms with E-state index in [0.29, 0.717) is 16.6 Å². The molecule has 2 aliphatic rings. The maximum atomic E-state index is 12.1. The smallest absolute Gasteiger partial charge is 0.319 e. The third-order valence-electron chi connectivity index (χ3n) is 4.55. The molecular formula is C17H24ClN3O2. The van der Waals surface area contributed by atoms with Crippen LogP contribution in [0.25, 0.3) is 0 Å². The van der Waals surface area contributed by atoms with E-state index in [1.807, 2.05) is 12.1 Å². The monoisotopic (exact) mass is 337 g/mol. The Morgan fingerprint density at radius 2 is 2.13 bits per heavy atom. The van der Waals surface area contributed by atoms with E-state index >= 15 is 0 Å². The maximum Gasteiger partial charge on any atom is 0.319 e. The van der Waals surface area contributed by atoms with Crippen LogP contribution in [-0.2, 0) is 4.74 Å². The van der Waals surface area contributed by atoms with Crippen molar-refractivity contribution in [2.24, 2.45) is 5.92 Å². The second kappa shape index (κ2) is 7.99. The molecule has 0 saturated carbocycles. The zero-order valence-electron chi connectivity index (χ0n) is 13.3. The molecule has 0 spiro atoms. The van der Waals surface area contributed by atoms with Gasteiger partial charge in [-0.05, 0) is 43.4 Å². The molecule has 1 unspecified atom stereocenters. The van der Waals surface area contributed by atoms with Gasteiger partial charge in [0.15, 0.2) is 0 Å². The van der Waals surface area contributed by atoms with Crippen LogP contribution in [0, 0.1) is 5.92 Å². The van der Waals surface area contributed by atoms with Crippen molar-refractivity contribution in [2.45, 2.75) is 25.3 Å². The Bertz CT molecular complexity index is 526. The number of halogens is 1. The topological polar surface area (TPSA) is 53.6 Å². The number of ether oxygens (including phenoxy) is 1. The minimum absolute atomic E-state index is 0.157. The predicted octanol–water partition coefficient (Wildman–Crippen LogP) is 2.96. The lowest BCUT2D eigenvalue weighted by Gasteiger charge is -2.33. The van der Waals surface area contributed by atoms with Crippen LogP contribution in [-0.4, -0.2) is 49.8 Å². The minimum atomic E-state index is -0.157. The van der Waals surface area contributed by atoms with Crippen LogP contribution in [0.2, 0.25) is 5.02 Å². The van der Waals surface area contributed by atoms with Crippen molar-refractivity contribution in [3.8, 4) is 0 Å². The van der Waals surface area contributed by atoms with Crippen LogP contribution in [0.5, 0.6) is 0 Å². The van der Waals surface area contributed by atoms with Crippen LogP contribution in [0.15, 0.2) is 24.3 Å². The molecule has 2 N–H and O–H groups in total. The molecule has 1 aromatic rings. The summed E-state index contributed by atoms with van der Waals surface area (Å²) in [6.07, 6.45) is 3.17. The average molecular weight is 338 g/mol. The van der Waals surface area contributed by atoms with Crippen molar-refractivity contribution in [1.29, 1.82) is 0 Å². The summed E-state index contributed by atoms with van der Waals surface area (Å²) in [4.78, 5) is 14.5. The van der Waals surface area contributed by atoms with E-state index < -0.39 is 0 Å². The molecule has 0 aliphatic carbocycles. The van der Waals surface area contributed by atoms with Crippen LogP contribution >= 0.6 is 11.6 Å². The zero-order valence-corrected chi connectivity index (χ0v) is 14.0. The van der Waals surface area contributed by atoms with Crippen LogP contribution in [0.4, 0.5) is 10.5 Å². The van der Waals surface area contributed by atoms with Crippen molar-refractivity contribution in [3.63, 3.8) is 0 Å². The maximum absolute atomic E-state index is 12.1. The number of carbonyl (C=O) groups excluding carboxylic acids is 1. The molecule has 23 heavy (non-hydrogen) atoms. The highest BCUT2D eigenvalue weighted by Crippen LogP contribution is 2.18. The number of rotatable bonds is 4. The number of anilines is 1. The van der Waals surface area contributed by atoms with Gasteiger partial charge in [0.2, 0.25) is 0 Å². The van der Waals surface area contributed by atoms with Crippen molar-refractivity contribution in [2.75, 3.05) is 38.2 Å². The normalized spacial score (nSPS) is 22.9. The van der Waals surface area contributed by atoms with E-state index in [1.54, 1.807) is 12.1 Å². The van der Waals surface area contributed by atoms with Gasteiger partial charge in [0.25, 0.3) is 0 Å². The first-order valence-corrected chi connectivity index (χ1v) is 8.70. The Labute approximate surface area is 142 Å². The molecule has 0 radical (unpaired) electrons. The quantitative estimate of drug-likeness (QED) is 0.888. The summed E-state index contributed by atoms with van der Waals surface area (Å²) < 4.78 is 5.44. The first-order valence-electron chi connectivity index (χ1n) is 8.32. The van der Waals surface area contributed by atoms with E-state index in [-0.39, 0.29) is 12.1 Å². The second-order valence-corrected chi connectivity index (χ2v) is 6.85. The standard InChI is InChI=1S/C17H24ClN3O2/c18-14-2-1-3-16(10-14)20-17(22)19-15-4-7-21(8-5-15)11-13-6-9-23-12-13/h1-3,10,13,15H,4-9,11-12H2,(H2,19,20,22). The summed E-state index contributed by atoms with van der Waals surface area (Å²) in [5.74, 6) is 0.686. The summed E-state index contributed by atoms with van der Waals surface area (Å²) in [7, 11) is 0. The van der Waals surface area contributed by atoms with Gasteiger partial charge < -0.3 is 20.3 Å². The molecule has 5 nitrogen and oxygen atoms in total. The molecule has 1 atom stereocenters. The number of amides is 2. The highest BCUT2D eigenvalue weighted by atomic mass is 35.5. The summed E-state index contributed by atoms with van der Waals surface area (Å²) in [6, 6.07) is 7.27. The summed E-state index contributed by atoms with van der Waals surface area (Å²) in [6.45, 7) is 5.02. The Morgan fingerprint density at radius 1 is 1.30 bits per heavy atom. The first kappa shape index (κ1) is 16.6. The summed E-state index contributed by atoms with van der Waals surface area (Å²) >= 11 is 5.92. The fourth-order valence-corrected chi connectivity index (χ4v) is 3.46. The SMILES string of the molecule is O=C(Nc1cccc(Cl)c1)NC1CCN(CC2CCOC2)CC1. The van der Waals surface area contributed by atoms with Crippen LogP contribution < -0.4 is 10.6 Å². The molecule has 126 valence electrons. The van der Waals surface area contributed by atoms with Crippen molar-refractivity contribution >= 4 is 23.3 Å². The largest absolute Gasteiger partial charge is 0.381 e. The van der Waals surface area contributed by atoms with Gasteiger partial charge in [0.05, 0.1) is 6.61 Å². The lowest BCUT2D eigenvalue weighted by molar-refractivity contribution is 0.148. The molecule has 0 bridgehead atoms. The van der Waals surface area contributed by atoms with Gasteiger partial charge in [-0.15, -0.1) is 0 Å². The molecular weight excluding hydrogens is 314 g/mol. The van der Waals surface area contributed by atoms with Gasteiger partial charge in [-0.3, -0.25) is 0 Å². The predicted molar refractivity (Wildman–Crippen MR) is 92.0 cm³/mol. The number of hydrogen-bond donors (Lipinski definition) is 2. The van der Waals surface area contributed by atoms with Crippen molar-refractivity contribution in [1.82, 2.24) is 10.2 Å². The molecule has 2 fully saturated rings. The minimum Gasteiger partial charge on any atom is -0.381 e. The van der Waals surface area contributed by atoms with Gasteiger partial charge in [0, 0.05) is 43.0 Å². The Balaban J connectivity index is 1.38. The number of urea groups is 1. The number of likely N-dealkylation sites (tertiary alicyclic amines) is 1. The number of nitrogens with one attached hydrogen (secondary N) is 2. The molecule has 3 rings (SSSR count). The zero-order chi connectivity index (χ0) is 16.1. The number of nitrogens with zero attached hydrogens (tertiary/aromatic N) is 1. The highest BCUT2D eigenvalue weighted by Gasteiger charge is 2.24. The van der Waals surface area contributed by atoms with E-state index in [1.165, 1.54) is 6.42 Å². The van der Waals surface area contributed by atoms with Gasteiger partial charge in [-0.1, -0.05) is 17.7 Å². The number of carbonyl (C=O) groups is 1. The highest BCUT2D eigenvalue weighted by molar-refractivity contribution is 6.30. The Hall–Kier alpha value is -1.30. The molecule has 1 aromatic carbocycles. The van der Waals surface area contributed by atoms with E-state index in [0.717, 1.165) is 45.7 Å². The van der Waals surface area contributed by atoms with Crippen molar-refractivity contribution < 1.29 is 9.53 Å². The molecule has 2 heterocycles. The van der Waals surface area contributed by atoms with Gasteiger partial charge in [-0.25, -0.2) is 4.79 Å². The van der Waals surface area contributed by atoms with Crippen LogP contribution in [0.3, 0.4) is 0 Å². The molecule has 2 amide bonds. The van der Waals surface area contributed by atoms with E-state index in [2.05, 4.69) is 15.5 Å². The van der Waals surface area contributed by atoms with E-state index in [4.69, 9.17) is 16.3 Å². The molecule has 2 saturated heterocycles. The summed E-state index contributed by atoms with van der Waals surface area (Å²) in [5.41, 5.74) is 0.716. The van der Waals surface area contributed by atoms with Crippen molar-refractivity contribution in [3.05, 3.63) is 29.3 Å². The third kappa shape index (κ3) is 5.09. The fraction of sp³-hybridized carbons (Fsp3) is 0.588. The Morgan fingerprint density at radius 3 is 2.83 bits per heavy atom. The van der Waals surface area contributed by atoms with E-state index in [9.17, 15) is 4.79 Å². The fourth-order valence-electron chi connectivity index (χ4n) is 3.27. The second-order valence-electron chi connectivity index (χ2n) is 6.41. The van der Waals surface area contributed by atoms with Gasteiger partial charge >= 0.3 is 6.03 Å². The van der Waals surface area contributed by atoms with Gasteiger partial charge in [0.1, 0.15) is 0 Å². The summed E-state index contributed by atoms with van der Waals surface area (Å²) in [5, 5.41) is 6.51. The Kier molecular flexibility index (Phi) is 5.75. The lowest BCUT2D eigenvalue weighted by Crippen LogP contribution is -2.47. The third-order valence-corrected chi connectivity index (χ3v) is 4.78. The number of hydrogen-bond acceptors (Lipinski definition) is 3. The number of piperidine rings is 1. The number of benzene rings is 1. The average Bonchev–Trinajstić information content (AvgIpc) is 3.02. The van der Waals surface area contributed by atoms with Gasteiger partial charge in [-0.2, -0.15) is 0 Å². The first-order chi connectivity index (χ1) is 11.2. The molecule has 0 aromatic heterocycles. The molecule has 2 aliphatic heterocycles. The van der Waals surface area contributed by atoms with Crippen LogP contribution in [0.1, 0.15) is 19.3 Å².